The Bertz CT molecular complexity index is 938. The normalized spacial score (nSPS) is 13.8. The first-order valence-electron chi connectivity index (χ1n) is 9.19. The second-order valence-corrected chi connectivity index (χ2v) is 8.59. The number of fused-ring (bicyclic) bond motifs is 1. The topological polar surface area (TPSA) is 61.4 Å². The van der Waals surface area contributed by atoms with Gasteiger partial charge in [0, 0.05) is 28.5 Å². The van der Waals surface area contributed by atoms with Crippen molar-refractivity contribution in [3.63, 3.8) is 0 Å². The van der Waals surface area contributed by atoms with Gasteiger partial charge in [-0.05, 0) is 40.9 Å². The zero-order valence-corrected chi connectivity index (χ0v) is 16.9. The van der Waals surface area contributed by atoms with E-state index in [2.05, 4.69) is 39.8 Å². The van der Waals surface area contributed by atoms with Crippen LogP contribution in [0.15, 0.2) is 59.3 Å². The molecule has 0 saturated heterocycles. The molecule has 0 bridgehead atoms. The molecule has 3 heterocycles. The first-order valence-corrected chi connectivity index (χ1v) is 10.9. The van der Waals surface area contributed by atoms with Crippen molar-refractivity contribution in [1.82, 2.24) is 10.6 Å². The van der Waals surface area contributed by atoms with E-state index in [0.29, 0.717) is 13.1 Å². The van der Waals surface area contributed by atoms with Crippen LogP contribution >= 0.6 is 22.7 Å². The molecule has 0 saturated carbocycles. The molecule has 7 heteroatoms. The molecule has 0 spiro atoms. The van der Waals surface area contributed by atoms with E-state index in [1.165, 1.54) is 16.1 Å². The predicted molar refractivity (Wildman–Crippen MR) is 114 cm³/mol. The highest BCUT2D eigenvalue weighted by atomic mass is 32.1. The zero-order valence-electron chi connectivity index (χ0n) is 15.3. The highest BCUT2D eigenvalue weighted by Gasteiger charge is 2.28. The molecule has 0 aliphatic carbocycles. The van der Waals surface area contributed by atoms with Crippen molar-refractivity contribution in [1.29, 1.82) is 0 Å². The minimum Gasteiger partial charge on any atom is -0.361 e. The molecular weight excluding hydrogens is 390 g/mol. The third-order valence-corrected chi connectivity index (χ3v) is 6.69. The molecule has 2 amide bonds. The standard InChI is InChI=1S/C21H21N3O2S2/c25-20(22-13-16-6-3-11-27-16)21(26)23-14-18(19-8-4-12-28-19)24-10-9-15-5-1-2-7-17(15)24/h1-8,11-12,18H,9-10,13-14H2,(H,22,25)(H,23,26)/t18-/m0/s1. The number of carbonyl (C=O) groups excluding carboxylic acids is 2. The summed E-state index contributed by atoms with van der Waals surface area (Å²) in [4.78, 5) is 29.0. The summed E-state index contributed by atoms with van der Waals surface area (Å²) in [5.74, 6) is -1.19. The molecule has 0 unspecified atom stereocenters. The van der Waals surface area contributed by atoms with Crippen LogP contribution in [0.25, 0.3) is 0 Å². The Morgan fingerprint density at radius 1 is 0.964 bits per heavy atom. The largest absolute Gasteiger partial charge is 0.361 e. The maximum absolute atomic E-state index is 12.3. The minimum atomic E-state index is -0.597. The van der Waals surface area contributed by atoms with Gasteiger partial charge in [-0.1, -0.05) is 30.3 Å². The number of nitrogens with zero attached hydrogens (tertiary/aromatic N) is 1. The maximum atomic E-state index is 12.3. The number of rotatable bonds is 6. The van der Waals surface area contributed by atoms with Crippen molar-refractivity contribution < 1.29 is 9.59 Å². The van der Waals surface area contributed by atoms with Crippen LogP contribution in [0.3, 0.4) is 0 Å². The number of hydrogen-bond donors (Lipinski definition) is 2. The van der Waals surface area contributed by atoms with Gasteiger partial charge in [0.05, 0.1) is 12.6 Å². The Morgan fingerprint density at radius 2 is 1.75 bits per heavy atom. The van der Waals surface area contributed by atoms with Crippen LogP contribution in [0.4, 0.5) is 5.69 Å². The minimum absolute atomic E-state index is 0.0118. The molecule has 28 heavy (non-hydrogen) atoms. The molecular formula is C21H21N3O2S2. The maximum Gasteiger partial charge on any atom is 0.309 e. The number of carbonyl (C=O) groups is 2. The predicted octanol–water partition coefficient (Wildman–Crippen LogP) is 3.35. The molecule has 1 aliphatic heterocycles. The van der Waals surface area contributed by atoms with Crippen molar-refractivity contribution in [3.8, 4) is 0 Å². The van der Waals surface area contributed by atoms with Gasteiger partial charge in [-0.25, -0.2) is 0 Å². The second kappa shape index (κ2) is 8.58. The second-order valence-electron chi connectivity index (χ2n) is 6.58. The van der Waals surface area contributed by atoms with E-state index < -0.39 is 11.8 Å². The Labute approximate surface area is 172 Å². The number of amides is 2. The van der Waals surface area contributed by atoms with Crippen LogP contribution in [0.5, 0.6) is 0 Å². The highest BCUT2D eigenvalue weighted by Crippen LogP contribution is 2.36. The molecule has 1 atom stereocenters. The smallest absolute Gasteiger partial charge is 0.309 e. The van der Waals surface area contributed by atoms with Crippen molar-refractivity contribution >= 4 is 40.2 Å². The van der Waals surface area contributed by atoms with Gasteiger partial charge in [0.15, 0.2) is 0 Å². The summed E-state index contributed by atoms with van der Waals surface area (Å²) in [5.41, 5.74) is 2.53. The summed E-state index contributed by atoms with van der Waals surface area (Å²) < 4.78 is 0. The van der Waals surface area contributed by atoms with Crippen molar-refractivity contribution in [2.24, 2.45) is 0 Å². The zero-order chi connectivity index (χ0) is 19.3. The van der Waals surface area contributed by atoms with Gasteiger partial charge in [-0.15, -0.1) is 22.7 Å². The van der Waals surface area contributed by atoms with Gasteiger partial charge in [0.1, 0.15) is 0 Å². The number of hydrogen-bond acceptors (Lipinski definition) is 5. The lowest BCUT2D eigenvalue weighted by Crippen LogP contribution is -2.43. The Balaban J connectivity index is 1.41. The van der Waals surface area contributed by atoms with Crippen LogP contribution in [0.1, 0.15) is 21.4 Å². The summed E-state index contributed by atoms with van der Waals surface area (Å²) >= 11 is 3.22. The summed E-state index contributed by atoms with van der Waals surface area (Å²) in [6.45, 7) is 1.67. The fourth-order valence-electron chi connectivity index (χ4n) is 3.46. The summed E-state index contributed by atoms with van der Waals surface area (Å²) in [6, 6.07) is 16.3. The molecule has 1 aliphatic rings. The average molecular weight is 412 g/mol. The summed E-state index contributed by atoms with van der Waals surface area (Å²) in [5, 5.41) is 9.49. The van der Waals surface area contributed by atoms with E-state index >= 15 is 0 Å². The van der Waals surface area contributed by atoms with Crippen molar-refractivity contribution in [3.05, 3.63) is 74.6 Å². The molecule has 3 aromatic rings. The van der Waals surface area contributed by atoms with Gasteiger partial charge in [-0.2, -0.15) is 0 Å². The molecule has 2 aromatic heterocycles. The average Bonchev–Trinajstić information content (AvgIpc) is 3.48. The lowest BCUT2D eigenvalue weighted by Gasteiger charge is -2.30. The van der Waals surface area contributed by atoms with Crippen LogP contribution in [0, 0.1) is 0 Å². The molecule has 1 aromatic carbocycles. The van der Waals surface area contributed by atoms with Gasteiger partial charge in [-0.3, -0.25) is 9.59 Å². The first-order chi connectivity index (χ1) is 13.7. The van der Waals surface area contributed by atoms with E-state index in [1.807, 2.05) is 35.0 Å². The Kier molecular flexibility index (Phi) is 5.73. The van der Waals surface area contributed by atoms with Gasteiger partial charge in [0.2, 0.25) is 0 Å². The Hall–Kier alpha value is -2.64. The van der Waals surface area contributed by atoms with E-state index in [4.69, 9.17) is 0 Å². The number of para-hydroxylation sites is 1. The van der Waals surface area contributed by atoms with Crippen LogP contribution in [0.2, 0.25) is 0 Å². The van der Waals surface area contributed by atoms with Crippen molar-refractivity contribution in [2.75, 3.05) is 18.0 Å². The van der Waals surface area contributed by atoms with E-state index in [9.17, 15) is 9.59 Å². The SMILES string of the molecule is O=C(NCc1cccs1)C(=O)NC[C@@H](c1cccs1)N1CCc2ccccc21. The third kappa shape index (κ3) is 4.10. The summed E-state index contributed by atoms with van der Waals surface area (Å²) in [6.07, 6.45) is 0.993. The molecule has 2 N–H and O–H groups in total. The summed E-state index contributed by atoms with van der Waals surface area (Å²) in [7, 11) is 0. The fraction of sp³-hybridized carbons (Fsp3) is 0.238. The van der Waals surface area contributed by atoms with Gasteiger partial charge >= 0.3 is 11.8 Å². The molecule has 0 fully saturated rings. The number of anilines is 1. The Morgan fingerprint density at radius 3 is 2.54 bits per heavy atom. The van der Waals surface area contributed by atoms with E-state index in [0.717, 1.165) is 17.8 Å². The number of benzene rings is 1. The quantitative estimate of drug-likeness (QED) is 0.612. The number of nitrogens with one attached hydrogen (secondary N) is 2. The molecule has 144 valence electrons. The van der Waals surface area contributed by atoms with Crippen LogP contribution < -0.4 is 15.5 Å². The van der Waals surface area contributed by atoms with Gasteiger partial charge in [0.25, 0.3) is 0 Å². The van der Waals surface area contributed by atoms with Crippen LogP contribution in [-0.2, 0) is 22.6 Å². The fourth-order valence-corrected chi connectivity index (χ4v) is 4.95. The molecule has 5 nitrogen and oxygen atoms in total. The number of thiophene rings is 2. The van der Waals surface area contributed by atoms with E-state index in [1.54, 1.807) is 22.7 Å². The highest BCUT2D eigenvalue weighted by molar-refractivity contribution is 7.10. The van der Waals surface area contributed by atoms with Gasteiger partial charge < -0.3 is 15.5 Å². The molecule has 4 rings (SSSR count). The monoisotopic (exact) mass is 411 g/mol. The lowest BCUT2D eigenvalue weighted by atomic mass is 10.1. The van der Waals surface area contributed by atoms with Crippen molar-refractivity contribution in [2.45, 2.75) is 19.0 Å². The third-order valence-electron chi connectivity index (χ3n) is 4.84. The first kappa shape index (κ1) is 18.7. The van der Waals surface area contributed by atoms with Crippen LogP contribution in [-0.4, -0.2) is 24.9 Å². The lowest BCUT2D eigenvalue weighted by molar-refractivity contribution is -0.139. The van der Waals surface area contributed by atoms with E-state index in [-0.39, 0.29) is 6.04 Å². The molecule has 0 radical (unpaired) electrons.